The van der Waals surface area contributed by atoms with E-state index in [0.717, 1.165) is 4.57 Å². The van der Waals surface area contributed by atoms with Crippen LogP contribution in [0.4, 0.5) is 20.3 Å². The summed E-state index contributed by atoms with van der Waals surface area (Å²) in [6.07, 6.45) is 2.83. The van der Waals surface area contributed by atoms with Gasteiger partial charge in [-0.25, -0.2) is 13.6 Å². The van der Waals surface area contributed by atoms with Gasteiger partial charge in [0.05, 0.1) is 6.10 Å². The summed E-state index contributed by atoms with van der Waals surface area (Å²) in [4.78, 5) is 37.2. The molecule has 0 saturated heterocycles. The van der Waals surface area contributed by atoms with Crippen LogP contribution < -0.4 is 27.0 Å². The number of hydrogen-bond acceptors (Lipinski definition) is 5. The lowest BCUT2D eigenvalue weighted by molar-refractivity contribution is -0.111. The summed E-state index contributed by atoms with van der Waals surface area (Å²) < 4.78 is 34.5. The molecule has 1 amide bonds. The van der Waals surface area contributed by atoms with Gasteiger partial charge >= 0.3 is 5.69 Å². The molecule has 1 aromatic heterocycles. The SMILES string of the molecule is CCn1c(N)c(NC(=O)/C=C/c2ccc(OC3CCC(F)(F)CC3)cc2)c(=O)n(CC)c1=O. The first kappa shape index (κ1) is 24.2. The number of anilines is 2. The minimum atomic E-state index is -2.60. The number of nitrogens with one attached hydrogen (secondary N) is 1. The third kappa shape index (κ3) is 5.68. The number of carbonyl (C=O) groups is 1. The van der Waals surface area contributed by atoms with Gasteiger partial charge in [-0.15, -0.1) is 0 Å². The Kier molecular flexibility index (Phi) is 7.35. The average molecular weight is 462 g/mol. The van der Waals surface area contributed by atoms with E-state index in [1.165, 1.54) is 10.6 Å². The summed E-state index contributed by atoms with van der Waals surface area (Å²) in [5.74, 6) is -2.70. The van der Waals surface area contributed by atoms with Gasteiger partial charge in [0, 0.05) is 32.0 Å². The lowest BCUT2D eigenvalue weighted by Crippen LogP contribution is -2.42. The van der Waals surface area contributed by atoms with Crippen LogP contribution in [0.25, 0.3) is 6.08 Å². The Hall–Kier alpha value is -3.43. The molecule has 8 nitrogen and oxygen atoms in total. The molecule has 0 spiro atoms. The molecule has 10 heteroatoms. The van der Waals surface area contributed by atoms with Crippen molar-refractivity contribution >= 4 is 23.5 Å². The number of nitrogen functional groups attached to an aromatic ring is 1. The quantitative estimate of drug-likeness (QED) is 0.614. The first-order chi connectivity index (χ1) is 15.6. The van der Waals surface area contributed by atoms with Crippen molar-refractivity contribution in [3.63, 3.8) is 0 Å². The van der Waals surface area contributed by atoms with Crippen molar-refractivity contribution in [2.24, 2.45) is 0 Å². The van der Waals surface area contributed by atoms with Crippen LogP contribution in [-0.4, -0.2) is 27.1 Å². The summed E-state index contributed by atoms with van der Waals surface area (Å²) in [5.41, 5.74) is 5.31. The molecule has 1 aliphatic rings. The summed E-state index contributed by atoms with van der Waals surface area (Å²) in [5, 5.41) is 2.47. The van der Waals surface area contributed by atoms with E-state index in [0.29, 0.717) is 24.2 Å². The van der Waals surface area contributed by atoms with Crippen LogP contribution in [0.5, 0.6) is 5.75 Å². The minimum Gasteiger partial charge on any atom is -0.490 e. The van der Waals surface area contributed by atoms with E-state index >= 15 is 0 Å². The first-order valence-electron chi connectivity index (χ1n) is 10.9. The Morgan fingerprint density at radius 2 is 1.76 bits per heavy atom. The number of ether oxygens (including phenoxy) is 1. The van der Waals surface area contributed by atoms with Gasteiger partial charge in [-0.05, 0) is 50.5 Å². The van der Waals surface area contributed by atoms with Crippen molar-refractivity contribution in [3.8, 4) is 5.75 Å². The van der Waals surface area contributed by atoms with Gasteiger partial charge in [0.1, 0.15) is 17.3 Å². The molecule has 178 valence electrons. The monoisotopic (exact) mass is 462 g/mol. The zero-order valence-electron chi connectivity index (χ0n) is 18.6. The molecule has 3 N–H and O–H groups in total. The second-order valence-electron chi connectivity index (χ2n) is 7.90. The number of alkyl halides is 2. The zero-order valence-corrected chi connectivity index (χ0v) is 18.6. The average Bonchev–Trinajstić information content (AvgIpc) is 2.78. The standard InChI is InChI=1S/C23H28F2N4O4/c1-3-28-20(26)19(21(31)29(4-2)22(28)32)27-18(30)10-7-15-5-8-16(9-6-15)33-17-11-13-23(24,25)14-12-17/h5-10,17H,3-4,11-14,26H2,1-2H3,(H,27,30)/b10-7+. The highest BCUT2D eigenvalue weighted by Crippen LogP contribution is 2.34. The highest BCUT2D eigenvalue weighted by atomic mass is 19.3. The van der Waals surface area contributed by atoms with Gasteiger partial charge in [0.15, 0.2) is 0 Å². The highest BCUT2D eigenvalue weighted by Gasteiger charge is 2.35. The van der Waals surface area contributed by atoms with Gasteiger partial charge < -0.3 is 15.8 Å². The van der Waals surface area contributed by atoms with Crippen LogP contribution in [0.2, 0.25) is 0 Å². The van der Waals surface area contributed by atoms with Crippen LogP contribution in [-0.2, 0) is 17.9 Å². The number of carbonyl (C=O) groups excluding carboxylic acids is 1. The predicted octanol–water partition coefficient (Wildman–Crippen LogP) is 3.24. The van der Waals surface area contributed by atoms with Crippen molar-refractivity contribution in [2.75, 3.05) is 11.1 Å². The second kappa shape index (κ2) is 10.0. The Balaban J connectivity index is 1.66. The van der Waals surface area contributed by atoms with Crippen LogP contribution in [0.15, 0.2) is 39.9 Å². The predicted molar refractivity (Wildman–Crippen MR) is 123 cm³/mol. The molecule has 1 saturated carbocycles. The molecule has 0 aliphatic heterocycles. The molecular formula is C23H28F2N4O4. The smallest absolute Gasteiger partial charge is 0.332 e. The third-order valence-electron chi connectivity index (χ3n) is 5.62. The number of halogens is 2. The molecule has 0 radical (unpaired) electrons. The number of benzene rings is 1. The molecule has 1 fully saturated rings. The number of nitrogens with zero attached hydrogens (tertiary/aromatic N) is 2. The largest absolute Gasteiger partial charge is 0.490 e. The third-order valence-corrected chi connectivity index (χ3v) is 5.62. The van der Waals surface area contributed by atoms with Crippen LogP contribution >= 0.6 is 0 Å². The molecule has 1 aliphatic carbocycles. The molecular weight excluding hydrogens is 434 g/mol. The van der Waals surface area contributed by atoms with E-state index in [9.17, 15) is 23.2 Å². The lowest BCUT2D eigenvalue weighted by Gasteiger charge is -2.28. The number of amides is 1. The van der Waals surface area contributed by atoms with Crippen LogP contribution in [0, 0.1) is 0 Å². The Morgan fingerprint density at radius 3 is 2.33 bits per heavy atom. The Bertz CT molecular complexity index is 1140. The molecule has 2 aromatic rings. The first-order valence-corrected chi connectivity index (χ1v) is 10.9. The highest BCUT2D eigenvalue weighted by molar-refractivity contribution is 6.03. The number of rotatable bonds is 7. The second-order valence-corrected chi connectivity index (χ2v) is 7.90. The summed E-state index contributed by atoms with van der Waals surface area (Å²) in [7, 11) is 0. The van der Waals surface area contributed by atoms with Crippen molar-refractivity contribution in [1.82, 2.24) is 9.13 Å². The molecule has 33 heavy (non-hydrogen) atoms. The summed E-state index contributed by atoms with van der Waals surface area (Å²) in [6.45, 7) is 3.77. The fourth-order valence-corrected chi connectivity index (χ4v) is 3.74. The maximum atomic E-state index is 13.3. The van der Waals surface area contributed by atoms with Crippen LogP contribution in [0.1, 0.15) is 45.1 Å². The molecule has 0 unspecified atom stereocenters. The van der Waals surface area contributed by atoms with E-state index in [-0.39, 0.29) is 43.5 Å². The van der Waals surface area contributed by atoms with E-state index in [1.807, 2.05) is 0 Å². The molecule has 3 rings (SSSR count). The normalized spacial score (nSPS) is 16.1. The van der Waals surface area contributed by atoms with Gasteiger partial charge in [0.25, 0.3) is 5.56 Å². The lowest BCUT2D eigenvalue weighted by atomic mass is 9.94. The van der Waals surface area contributed by atoms with Crippen molar-refractivity contribution in [2.45, 2.75) is 64.6 Å². The molecule has 0 atom stereocenters. The van der Waals surface area contributed by atoms with Gasteiger partial charge in [0.2, 0.25) is 11.8 Å². The van der Waals surface area contributed by atoms with Crippen molar-refractivity contribution in [1.29, 1.82) is 0 Å². The zero-order chi connectivity index (χ0) is 24.2. The van der Waals surface area contributed by atoms with Crippen LogP contribution in [0.3, 0.4) is 0 Å². The van der Waals surface area contributed by atoms with Gasteiger partial charge in [-0.3, -0.25) is 18.7 Å². The number of hydrogen-bond donors (Lipinski definition) is 2. The number of nitrogens with two attached hydrogens (primary N) is 1. The fraction of sp³-hybridized carbons (Fsp3) is 0.435. The minimum absolute atomic E-state index is 0.0964. The topological polar surface area (TPSA) is 108 Å². The maximum absolute atomic E-state index is 13.3. The van der Waals surface area contributed by atoms with E-state index in [2.05, 4.69) is 5.32 Å². The van der Waals surface area contributed by atoms with E-state index in [1.54, 1.807) is 44.2 Å². The maximum Gasteiger partial charge on any atom is 0.332 e. The van der Waals surface area contributed by atoms with E-state index < -0.39 is 23.1 Å². The fourth-order valence-electron chi connectivity index (χ4n) is 3.74. The molecule has 0 bridgehead atoms. The Labute approximate surface area is 189 Å². The van der Waals surface area contributed by atoms with Crippen molar-refractivity contribution < 1.29 is 18.3 Å². The summed E-state index contributed by atoms with van der Waals surface area (Å²) >= 11 is 0. The summed E-state index contributed by atoms with van der Waals surface area (Å²) in [6, 6.07) is 6.87. The van der Waals surface area contributed by atoms with Crippen molar-refractivity contribution in [3.05, 3.63) is 56.7 Å². The van der Waals surface area contributed by atoms with Gasteiger partial charge in [-0.1, -0.05) is 12.1 Å². The number of aromatic nitrogens is 2. The molecule has 1 aromatic carbocycles. The Morgan fingerprint density at radius 1 is 1.15 bits per heavy atom. The van der Waals surface area contributed by atoms with Gasteiger partial charge in [-0.2, -0.15) is 0 Å². The van der Waals surface area contributed by atoms with E-state index in [4.69, 9.17) is 10.5 Å². The molecule has 1 heterocycles.